The molecule has 3 atom stereocenters. The lowest BCUT2D eigenvalue weighted by atomic mass is 9.78. The maximum atomic E-state index is 11.2. The molecular formula is C30H38ClN3O5. The molecule has 0 radical (unpaired) electrons. The molecular weight excluding hydrogens is 518 g/mol. The molecule has 0 amide bonds. The van der Waals surface area contributed by atoms with Gasteiger partial charge < -0.3 is 25.2 Å². The fraction of sp³-hybridized carbons (Fsp3) is 0.467. The number of aliphatic hydroxyl groups is 2. The lowest BCUT2D eigenvalue weighted by molar-refractivity contribution is -0.384. The molecule has 1 aromatic rings. The van der Waals surface area contributed by atoms with Crippen LogP contribution >= 0.6 is 11.6 Å². The van der Waals surface area contributed by atoms with Gasteiger partial charge in [0.25, 0.3) is 5.69 Å². The van der Waals surface area contributed by atoms with Crippen LogP contribution in [-0.4, -0.2) is 57.9 Å². The van der Waals surface area contributed by atoms with Crippen molar-refractivity contribution in [3.63, 3.8) is 0 Å². The van der Waals surface area contributed by atoms with Crippen molar-refractivity contribution in [3.05, 3.63) is 98.0 Å². The van der Waals surface area contributed by atoms with Crippen LogP contribution in [0.2, 0.25) is 5.02 Å². The number of hydrogen-bond donors (Lipinski definition) is 3. The van der Waals surface area contributed by atoms with Crippen molar-refractivity contribution in [1.29, 1.82) is 0 Å². The fourth-order valence-electron chi connectivity index (χ4n) is 5.26. The number of dihydropyridines is 1. The van der Waals surface area contributed by atoms with Crippen LogP contribution < -0.4 is 5.32 Å². The minimum atomic E-state index is -0.838. The average molecular weight is 556 g/mol. The highest BCUT2D eigenvalue weighted by molar-refractivity contribution is 6.32. The predicted octanol–water partition coefficient (Wildman–Crippen LogP) is 5.35. The molecule has 0 saturated heterocycles. The summed E-state index contributed by atoms with van der Waals surface area (Å²) in [6.07, 6.45) is 13.5. The molecule has 9 heteroatoms. The van der Waals surface area contributed by atoms with E-state index in [-0.39, 0.29) is 22.7 Å². The van der Waals surface area contributed by atoms with E-state index in [1.165, 1.54) is 17.7 Å². The number of aliphatic hydroxyl groups excluding tert-OH is 1. The number of rotatable bonds is 10. The van der Waals surface area contributed by atoms with E-state index in [0.29, 0.717) is 31.6 Å². The summed E-state index contributed by atoms with van der Waals surface area (Å²) >= 11 is 5.92. The Morgan fingerprint density at radius 3 is 2.87 bits per heavy atom. The number of benzene rings is 1. The maximum Gasteiger partial charge on any atom is 0.288 e. The minimum Gasteiger partial charge on any atom is -0.491 e. The zero-order valence-electron chi connectivity index (χ0n) is 22.8. The van der Waals surface area contributed by atoms with Crippen molar-refractivity contribution in [1.82, 2.24) is 10.2 Å². The topological polar surface area (TPSA) is 108 Å². The first-order valence-electron chi connectivity index (χ1n) is 13.5. The Balaban J connectivity index is 1.46. The first-order valence-corrected chi connectivity index (χ1v) is 13.9. The van der Waals surface area contributed by atoms with Gasteiger partial charge in [0, 0.05) is 30.6 Å². The van der Waals surface area contributed by atoms with E-state index >= 15 is 0 Å². The van der Waals surface area contributed by atoms with Crippen LogP contribution in [0.1, 0.15) is 51.7 Å². The largest absolute Gasteiger partial charge is 0.491 e. The molecule has 0 fully saturated rings. The second-order valence-electron chi connectivity index (χ2n) is 10.8. The first kappa shape index (κ1) is 29.1. The minimum absolute atomic E-state index is 0.00943. The lowest BCUT2D eigenvalue weighted by Crippen LogP contribution is -2.33. The maximum absolute atomic E-state index is 11.2. The Kier molecular flexibility index (Phi) is 9.33. The molecule has 210 valence electrons. The van der Waals surface area contributed by atoms with E-state index in [0.717, 1.165) is 36.4 Å². The number of fused-ring (bicyclic) bond motifs is 1. The quantitative estimate of drug-likeness (QED) is 0.264. The molecule has 39 heavy (non-hydrogen) atoms. The third kappa shape index (κ3) is 7.00. The van der Waals surface area contributed by atoms with Gasteiger partial charge in [-0.25, -0.2) is 0 Å². The third-order valence-corrected chi connectivity index (χ3v) is 8.03. The second-order valence-corrected chi connectivity index (χ2v) is 11.2. The number of halogens is 1. The molecule has 0 saturated carbocycles. The van der Waals surface area contributed by atoms with Gasteiger partial charge in [0.05, 0.1) is 22.7 Å². The molecule has 8 nitrogen and oxygen atoms in total. The van der Waals surface area contributed by atoms with Crippen LogP contribution in [0, 0.1) is 16.0 Å². The van der Waals surface area contributed by atoms with E-state index in [2.05, 4.69) is 29.3 Å². The number of nitrogens with one attached hydrogen (secondary N) is 1. The Labute approximate surface area is 235 Å². The smallest absolute Gasteiger partial charge is 0.288 e. The van der Waals surface area contributed by atoms with Crippen LogP contribution in [0.4, 0.5) is 5.69 Å². The van der Waals surface area contributed by atoms with Crippen LogP contribution in [0.15, 0.2) is 77.3 Å². The lowest BCUT2D eigenvalue weighted by Gasteiger charge is -2.31. The SMILES string of the molecule is CCN(CC/C=C1\C2=CC=CNC2COC2=C1CC(C(C)(C)O)C=C2)CCC(O)c1ccc(Cl)c([N+](=O)[O-])c1. The van der Waals surface area contributed by atoms with Gasteiger partial charge in [0.15, 0.2) is 0 Å². The molecule has 4 rings (SSSR count). The molecule has 3 unspecified atom stereocenters. The number of nitrogens with zero attached hydrogens (tertiary/aromatic N) is 2. The molecule has 0 aromatic heterocycles. The molecule has 1 aliphatic carbocycles. The van der Waals surface area contributed by atoms with Gasteiger partial charge in [-0.15, -0.1) is 0 Å². The standard InChI is InChI=1S/C30H38ClN3O5/c1-4-33(16-13-28(35)20-9-11-25(31)27(17-20)34(37)38)15-6-8-22-23-7-5-14-32-26(23)19-39-29-12-10-21(18-24(22)29)30(2,3)36/h5,7-12,14,17,21,26,28,32,35-36H,4,6,13,15-16,18-19H2,1-3H3/b22-8+. The Morgan fingerprint density at radius 2 is 2.15 bits per heavy atom. The highest BCUT2D eigenvalue weighted by Gasteiger charge is 2.34. The normalized spacial score (nSPS) is 22.5. The molecule has 0 spiro atoms. The third-order valence-electron chi connectivity index (χ3n) is 7.71. The van der Waals surface area contributed by atoms with Crippen molar-refractivity contribution in [2.45, 2.75) is 57.8 Å². The molecule has 0 bridgehead atoms. The Hall–Kier alpha value is -2.91. The van der Waals surface area contributed by atoms with Gasteiger partial charge in [-0.3, -0.25) is 10.1 Å². The van der Waals surface area contributed by atoms with Crippen LogP contribution in [0.5, 0.6) is 0 Å². The van der Waals surface area contributed by atoms with Crippen molar-refractivity contribution >= 4 is 17.3 Å². The van der Waals surface area contributed by atoms with Gasteiger partial charge in [0.2, 0.25) is 0 Å². The predicted molar refractivity (Wildman–Crippen MR) is 153 cm³/mol. The summed E-state index contributed by atoms with van der Waals surface area (Å²) in [5.74, 6) is 0.858. The van der Waals surface area contributed by atoms with Gasteiger partial charge in [-0.1, -0.05) is 42.8 Å². The van der Waals surface area contributed by atoms with Gasteiger partial charge >= 0.3 is 0 Å². The molecule has 2 aliphatic heterocycles. The zero-order valence-corrected chi connectivity index (χ0v) is 23.5. The van der Waals surface area contributed by atoms with Crippen molar-refractivity contribution < 1.29 is 19.9 Å². The summed E-state index contributed by atoms with van der Waals surface area (Å²) in [4.78, 5) is 12.9. The average Bonchev–Trinajstić information content (AvgIpc) is 3.06. The van der Waals surface area contributed by atoms with E-state index in [1.54, 1.807) is 6.07 Å². The van der Waals surface area contributed by atoms with E-state index < -0.39 is 16.6 Å². The van der Waals surface area contributed by atoms with Gasteiger partial charge in [0.1, 0.15) is 17.4 Å². The van der Waals surface area contributed by atoms with Crippen LogP contribution in [-0.2, 0) is 4.74 Å². The second kappa shape index (κ2) is 12.5. The monoisotopic (exact) mass is 555 g/mol. The van der Waals surface area contributed by atoms with Crippen molar-refractivity contribution in [3.8, 4) is 0 Å². The Bertz CT molecular complexity index is 1230. The van der Waals surface area contributed by atoms with Gasteiger partial charge in [-0.05, 0) is 80.8 Å². The summed E-state index contributed by atoms with van der Waals surface area (Å²) in [6.45, 7) is 8.56. The van der Waals surface area contributed by atoms with E-state index in [4.69, 9.17) is 16.3 Å². The summed E-state index contributed by atoms with van der Waals surface area (Å²) < 4.78 is 6.20. The number of hydrogen-bond acceptors (Lipinski definition) is 7. The molecule has 3 aliphatic rings. The van der Waals surface area contributed by atoms with Crippen molar-refractivity contribution in [2.24, 2.45) is 5.92 Å². The zero-order chi connectivity index (χ0) is 28.2. The Morgan fingerprint density at radius 1 is 1.36 bits per heavy atom. The summed E-state index contributed by atoms with van der Waals surface area (Å²) in [7, 11) is 0. The number of nitro groups is 1. The fourth-order valence-corrected chi connectivity index (χ4v) is 5.44. The van der Waals surface area contributed by atoms with E-state index in [1.807, 2.05) is 38.3 Å². The molecule has 2 heterocycles. The molecule has 1 aromatic carbocycles. The van der Waals surface area contributed by atoms with Crippen molar-refractivity contribution in [2.75, 3.05) is 26.2 Å². The summed E-state index contributed by atoms with van der Waals surface area (Å²) in [5, 5.41) is 36.1. The van der Waals surface area contributed by atoms with Crippen LogP contribution in [0.25, 0.3) is 0 Å². The summed E-state index contributed by atoms with van der Waals surface area (Å²) in [5.41, 5.74) is 2.93. The number of nitro benzene ring substituents is 1. The number of ether oxygens (including phenoxy) is 1. The highest BCUT2D eigenvalue weighted by Crippen LogP contribution is 2.40. The molecule has 3 N–H and O–H groups in total. The van der Waals surface area contributed by atoms with Gasteiger partial charge in [-0.2, -0.15) is 0 Å². The highest BCUT2D eigenvalue weighted by atomic mass is 35.5. The van der Waals surface area contributed by atoms with Crippen LogP contribution in [0.3, 0.4) is 0 Å². The number of allylic oxidation sites excluding steroid dienone is 4. The summed E-state index contributed by atoms with van der Waals surface area (Å²) in [6, 6.07) is 4.50. The first-order chi connectivity index (χ1) is 18.6. The van der Waals surface area contributed by atoms with E-state index in [9.17, 15) is 20.3 Å².